The van der Waals surface area contributed by atoms with Crippen molar-refractivity contribution in [2.75, 3.05) is 17.2 Å². The molecule has 1 aliphatic rings. The molecule has 0 fully saturated rings. The first-order chi connectivity index (χ1) is 11.4. The lowest BCUT2D eigenvalue weighted by Gasteiger charge is -2.31. The summed E-state index contributed by atoms with van der Waals surface area (Å²) >= 11 is 0. The standard InChI is InChI=1S/C16H17F3N4O/c17-16(18,19)14(22-7-5-21-10-22)9-15(24)23-6-1-2-11-3-4-12(20)8-13(11)23/h3-5,7-8,10,14H,1-2,6,9,20H2. The van der Waals surface area contributed by atoms with Crippen LogP contribution in [-0.4, -0.2) is 28.2 Å². The Labute approximate surface area is 136 Å². The minimum Gasteiger partial charge on any atom is -0.399 e. The van der Waals surface area contributed by atoms with Crippen molar-refractivity contribution in [3.05, 3.63) is 42.5 Å². The fourth-order valence-corrected chi connectivity index (χ4v) is 2.97. The van der Waals surface area contributed by atoms with Gasteiger partial charge in [-0.1, -0.05) is 6.07 Å². The number of anilines is 2. The molecule has 1 aliphatic heterocycles. The van der Waals surface area contributed by atoms with E-state index < -0.39 is 24.5 Å². The molecule has 2 heterocycles. The number of carbonyl (C=O) groups is 1. The number of carbonyl (C=O) groups excluding carboxylic acids is 1. The van der Waals surface area contributed by atoms with Gasteiger partial charge in [0.05, 0.1) is 12.7 Å². The zero-order valence-electron chi connectivity index (χ0n) is 12.8. The minimum absolute atomic E-state index is 0.393. The van der Waals surface area contributed by atoms with Gasteiger partial charge in [0.1, 0.15) is 6.04 Å². The molecule has 1 atom stereocenters. The average molecular weight is 338 g/mol. The fourth-order valence-electron chi connectivity index (χ4n) is 2.97. The number of halogens is 3. The van der Waals surface area contributed by atoms with E-state index in [1.807, 2.05) is 6.07 Å². The number of aromatic nitrogens is 2. The monoisotopic (exact) mass is 338 g/mol. The van der Waals surface area contributed by atoms with Crippen LogP contribution in [0.25, 0.3) is 0 Å². The molecule has 24 heavy (non-hydrogen) atoms. The van der Waals surface area contributed by atoms with Gasteiger partial charge >= 0.3 is 6.18 Å². The van der Waals surface area contributed by atoms with Gasteiger partial charge < -0.3 is 15.2 Å². The molecule has 1 amide bonds. The molecular formula is C16H17F3N4O. The number of rotatable bonds is 3. The molecule has 5 nitrogen and oxygen atoms in total. The maximum Gasteiger partial charge on any atom is 0.409 e. The van der Waals surface area contributed by atoms with Crippen LogP contribution in [0.3, 0.4) is 0 Å². The fraction of sp³-hybridized carbons (Fsp3) is 0.375. The van der Waals surface area contributed by atoms with Gasteiger partial charge in [-0.2, -0.15) is 13.2 Å². The van der Waals surface area contributed by atoms with E-state index >= 15 is 0 Å². The Morgan fingerprint density at radius 1 is 1.38 bits per heavy atom. The van der Waals surface area contributed by atoms with Gasteiger partial charge in [-0.15, -0.1) is 0 Å². The van der Waals surface area contributed by atoms with Crippen molar-refractivity contribution in [2.24, 2.45) is 0 Å². The van der Waals surface area contributed by atoms with Gasteiger partial charge in [0, 0.05) is 30.3 Å². The second-order valence-electron chi connectivity index (χ2n) is 5.81. The summed E-state index contributed by atoms with van der Waals surface area (Å²) in [6.45, 7) is 0.393. The zero-order chi connectivity index (χ0) is 17.3. The number of nitrogen functional groups attached to an aromatic ring is 1. The zero-order valence-corrected chi connectivity index (χ0v) is 12.8. The summed E-state index contributed by atoms with van der Waals surface area (Å²) in [6, 6.07) is 3.27. The summed E-state index contributed by atoms with van der Waals surface area (Å²) in [5.41, 5.74) is 7.78. The molecule has 1 aromatic heterocycles. The predicted octanol–water partition coefficient (Wildman–Crippen LogP) is 2.94. The molecule has 0 bridgehead atoms. The number of nitrogens with two attached hydrogens (primary N) is 1. The summed E-state index contributed by atoms with van der Waals surface area (Å²) in [7, 11) is 0. The Hall–Kier alpha value is -2.51. The van der Waals surface area contributed by atoms with Crippen molar-refractivity contribution in [1.82, 2.24) is 9.55 Å². The summed E-state index contributed by atoms with van der Waals surface area (Å²) in [5.74, 6) is -0.572. The number of benzene rings is 1. The van der Waals surface area contributed by atoms with Gasteiger partial charge in [0.2, 0.25) is 5.91 Å². The van der Waals surface area contributed by atoms with Crippen molar-refractivity contribution in [3.63, 3.8) is 0 Å². The molecule has 0 saturated carbocycles. The van der Waals surface area contributed by atoms with E-state index in [0.717, 1.165) is 22.9 Å². The van der Waals surface area contributed by atoms with Crippen LogP contribution in [0.15, 0.2) is 36.9 Å². The first-order valence-electron chi connectivity index (χ1n) is 7.59. The third kappa shape index (κ3) is 3.22. The number of imidazole rings is 1. The highest BCUT2D eigenvalue weighted by Crippen LogP contribution is 2.35. The Morgan fingerprint density at radius 3 is 2.83 bits per heavy atom. The van der Waals surface area contributed by atoms with Crippen molar-refractivity contribution in [3.8, 4) is 0 Å². The summed E-state index contributed by atoms with van der Waals surface area (Å²) in [6.07, 6.45) is -0.159. The van der Waals surface area contributed by atoms with Crippen LogP contribution in [0, 0.1) is 0 Å². The second kappa shape index (κ2) is 6.18. The summed E-state index contributed by atoms with van der Waals surface area (Å²) in [4.78, 5) is 17.6. The summed E-state index contributed by atoms with van der Waals surface area (Å²) < 4.78 is 40.9. The number of alkyl halides is 3. The first-order valence-corrected chi connectivity index (χ1v) is 7.59. The largest absolute Gasteiger partial charge is 0.409 e. The number of nitrogens with zero attached hydrogens (tertiary/aromatic N) is 3. The topological polar surface area (TPSA) is 64.2 Å². The van der Waals surface area contributed by atoms with E-state index in [0.29, 0.717) is 24.3 Å². The molecule has 0 aliphatic carbocycles. The van der Waals surface area contributed by atoms with E-state index in [4.69, 9.17) is 5.73 Å². The molecule has 2 aromatic rings. The van der Waals surface area contributed by atoms with Gasteiger partial charge in [-0.05, 0) is 30.5 Å². The van der Waals surface area contributed by atoms with Crippen LogP contribution in [0.2, 0.25) is 0 Å². The van der Waals surface area contributed by atoms with Gasteiger partial charge in [0.25, 0.3) is 0 Å². The number of hydrogen-bond acceptors (Lipinski definition) is 3. The maximum atomic E-state index is 13.3. The van der Waals surface area contributed by atoms with Gasteiger partial charge in [-0.25, -0.2) is 4.98 Å². The molecule has 0 radical (unpaired) electrons. The number of aryl methyl sites for hydroxylation is 1. The maximum absolute atomic E-state index is 13.3. The predicted molar refractivity (Wildman–Crippen MR) is 83.5 cm³/mol. The molecule has 0 saturated heterocycles. The SMILES string of the molecule is Nc1ccc2c(c1)N(C(=O)CC(n1ccnc1)C(F)(F)F)CCC2. The smallest absolute Gasteiger partial charge is 0.399 e. The normalized spacial score (nSPS) is 15.9. The molecule has 2 N–H and O–H groups in total. The Morgan fingerprint density at radius 2 is 2.17 bits per heavy atom. The lowest BCUT2D eigenvalue weighted by atomic mass is 10.00. The van der Waals surface area contributed by atoms with Crippen molar-refractivity contribution >= 4 is 17.3 Å². The quantitative estimate of drug-likeness (QED) is 0.875. The van der Waals surface area contributed by atoms with Crippen LogP contribution in [-0.2, 0) is 11.2 Å². The second-order valence-corrected chi connectivity index (χ2v) is 5.81. The van der Waals surface area contributed by atoms with Gasteiger partial charge in [-0.3, -0.25) is 4.79 Å². The van der Waals surface area contributed by atoms with Crippen molar-refractivity contribution < 1.29 is 18.0 Å². The molecule has 128 valence electrons. The molecule has 3 rings (SSSR count). The molecule has 0 spiro atoms. The van der Waals surface area contributed by atoms with Crippen LogP contribution < -0.4 is 10.6 Å². The Balaban J connectivity index is 1.86. The number of hydrogen-bond donors (Lipinski definition) is 1. The van der Waals surface area contributed by atoms with E-state index in [-0.39, 0.29) is 0 Å². The average Bonchev–Trinajstić information content (AvgIpc) is 3.04. The lowest BCUT2D eigenvalue weighted by molar-refractivity contribution is -0.172. The Kier molecular flexibility index (Phi) is 4.21. The van der Waals surface area contributed by atoms with E-state index in [1.54, 1.807) is 12.1 Å². The number of fused-ring (bicyclic) bond motifs is 1. The summed E-state index contributed by atoms with van der Waals surface area (Å²) in [5, 5.41) is 0. The molecular weight excluding hydrogens is 321 g/mol. The third-order valence-electron chi connectivity index (χ3n) is 4.16. The van der Waals surface area contributed by atoms with E-state index in [2.05, 4.69) is 4.98 Å². The Bertz CT molecular complexity index is 727. The van der Waals surface area contributed by atoms with Crippen LogP contribution in [0.4, 0.5) is 24.5 Å². The van der Waals surface area contributed by atoms with Crippen LogP contribution in [0.5, 0.6) is 0 Å². The van der Waals surface area contributed by atoms with Gasteiger partial charge in [0.15, 0.2) is 0 Å². The molecule has 1 aromatic carbocycles. The molecule has 1 unspecified atom stereocenters. The highest BCUT2D eigenvalue weighted by molar-refractivity contribution is 5.95. The van der Waals surface area contributed by atoms with Crippen molar-refractivity contribution in [1.29, 1.82) is 0 Å². The molecule has 8 heteroatoms. The first kappa shape index (κ1) is 16.4. The highest BCUT2D eigenvalue weighted by atomic mass is 19.4. The minimum atomic E-state index is -4.54. The van der Waals surface area contributed by atoms with Crippen molar-refractivity contribution in [2.45, 2.75) is 31.5 Å². The lowest BCUT2D eigenvalue weighted by Crippen LogP contribution is -2.39. The third-order valence-corrected chi connectivity index (χ3v) is 4.16. The van der Waals surface area contributed by atoms with Crippen LogP contribution in [0.1, 0.15) is 24.4 Å². The number of amides is 1. The highest BCUT2D eigenvalue weighted by Gasteiger charge is 2.43. The van der Waals surface area contributed by atoms with Crippen LogP contribution >= 0.6 is 0 Å². The van der Waals surface area contributed by atoms with E-state index in [9.17, 15) is 18.0 Å². The van der Waals surface area contributed by atoms with E-state index in [1.165, 1.54) is 17.3 Å².